The summed E-state index contributed by atoms with van der Waals surface area (Å²) in [6, 6.07) is 4.53. The van der Waals surface area contributed by atoms with Crippen molar-refractivity contribution in [1.29, 1.82) is 0 Å². The molecule has 7 heteroatoms. The van der Waals surface area contributed by atoms with Crippen LogP contribution >= 0.6 is 36.2 Å². The van der Waals surface area contributed by atoms with Crippen LogP contribution < -0.4 is 5.32 Å². The molecule has 1 unspecified atom stereocenters. The minimum atomic E-state index is 0. The quantitative estimate of drug-likeness (QED) is 0.813. The minimum Gasteiger partial charge on any atom is -0.340 e. The van der Waals surface area contributed by atoms with E-state index < -0.39 is 0 Å². The third kappa shape index (κ3) is 4.56. The van der Waals surface area contributed by atoms with E-state index in [1.54, 1.807) is 0 Å². The van der Waals surface area contributed by atoms with Gasteiger partial charge in [0, 0.05) is 48.4 Å². The van der Waals surface area contributed by atoms with Crippen LogP contribution in [-0.4, -0.2) is 55.0 Å². The highest BCUT2D eigenvalue weighted by atomic mass is 35.5. The van der Waals surface area contributed by atoms with Gasteiger partial charge < -0.3 is 10.2 Å². The Bertz CT molecular complexity index is 595. The molecule has 4 nitrogen and oxygen atoms in total. The summed E-state index contributed by atoms with van der Waals surface area (Å²) in [5.41, 5.74) is 0.368. The number of halogens is 2. The van der Waals surface area contributed by atoms with Crippen LogP contribution in [0.1, 0.15) is 35.9 Å². The van der Waals surface area contributed by atoms with Crippen LogP contribution in [0.15, 0.2) is 12.1 Å². The smallest absolute Gasteiger partial charge is 0.226 e. The molecule has 1 aromatic rings. The zero-order valence-electron chi connectivity index (χ0n) is 15.5. The average Bonchev–Trinajstić information content (AvgIpc) is 3.10. The summed E-state index contributed by atoms with van der Waals surface area (Å²) in [5, 5.41) is 3.42. The normalized spacial score (nSPS) is 24.7. The molecule has 1 saturated carbocycles. The van der Waals surface area contributed by atoms with Crippen molar-refractivity contribution >= 4 is 42.1 Å². The largest absolute Gasteiger partial charge is 0.340 e. The van der Waals surface area contributed by atoms with E-state index in [1.165, 1.54) is 22.6 Å². The van der Waals surface area contributed by atoms with Crippen molar-refractivity contribution in [2.45, 2.75) is 39.2 Å². The molecule has 26 heavy (non-hydrogen) atoms. The Labute approximate surface area is 173 Å². The highest BCUT2D eigenvalue weighted by molar-refractivity contribution is 7.11. The zero-order valence-corrected chi connectivity index (χ0v) is 18.0. The van der Waals surface area contributed by atoms with E-state index in [9.17, 15) is 4.79 Å². The third-order valence-electron chi connectivity index (χ3n) is 6.22. The number of carbonyl (C=O) groups is 1. The van der Waals surface area contributed by atoms with Crippen molar-refractivity contribution in [3.8, 4) is 0 Å². The van der Waals surface area contributed by atoms with Crippen molar-refractivity contribution in [3.63, 3.8) is 0 Å². The van der Waals surface area contributed by atoms with Gasteiger partial charge in [-0.25, -0.2) is 0 Å². The Balaban J connectivity index is 0.00000121. The zero-order chi connectivity index (χ0) is 16.6. The summed E-state index contributed by atoms with van der Waals surface area (Å²) < 4.78 is 0. The number of thiophene rings is 1. The van der Waals surface area contributed by atoms with Gasteiger partial charge in [-0.3, -0.25) is 9.69 Å². The predicted octanol–water partition coefficient (Wildman–Crippen LogP) is 3.19. The lowest BCUT2D eigenvalue weighted by Crippen LogP contribution is -2.49. The maximum absolute atomic E-state index is 12.8. The molecule has 2 aliphatic heterocycles. The number of amides is 1. The molecule has 148 valence electrons. The van der Waals surface area contributed by atoms with Gasteiger partial charge in [0.2, 0.25) is 5.91 Å². The molecule has 0 bridgehead atoms. The number of piperazine rings is 1. The number of nitrogens with zero attached hydrogens (tertiary/aromatic N) is 2. The van der Waals surface area contributed by atoms with Gasteiger partial charge in [-0.2, -0.15) is 0 Å². The lowest BCUT2D eigenvalue weighted by molar-refractivity contribution is -0.135. The van der Waals surface area contributed by atoms with Crippen LogP contribution in [-0.2, 0) is 17.8 Å². The predicted molar refractivity (Wildman–Crippen MR) is 113 cm³/mol. The average molecular weight is 420 g/mol. The van der Waals surface area contributed by atoms with Gasteiger partial charge in [0.15, 0.2) is 0 Å². The number of nitrogens with one attached hydrogen (secondary N) is 1. The SMILES string of the molecule is CCc1ccc(CN2CCN(C(=O)C3CC34CCNCC4)CC2)s1.Cl.Cl. The first kappa shape index (κ1) is 22.0. The number of rotatable bonds is 4. The van der Waals surface area contributed by atoms with Gasteiger partial charge in [0.1, 0.15) is 0 Å². The second kappa shape index (κ2) is 9.24. The van der Waals surface area contributed by atoms with Crippen molar-refractivity contribution in [2.24, 2.45) is 11.3 Å². The van der Waals surface area contributed by atoms with E-state index >= 15 is 0 Å². The first-order chi connectivity index (χ1) is 11.7. The van der Waals surface area contributed by atoms with Crippen LogP contribution in [0.4, 0.5) is 0 Å². The topological polar surface area (TPSA) is 35.6 Å². The fourth-order valence-electron chi connectivity index (χ4n) is 4.44. The first-order valence-electron chi connectivity index (χ1n) is 9.50. The number of carbonyl (C=O) groups excluding carboxylic acids is 1. The second-order valence-electron chi connectivity index (χ2n) is 7.69. The molecule has 1 aromatic heterocycles. The Morgan fingerprint density at radius 2 is 1.81 bits per heavy atom. The van der Waals surface area contributed by atoms with Gasteiger partial charge >= 0.3 is 0 Å². The van der Waals surface area contributed by atoms with Crippen LogP contribution in [0.5, 0.6) is 0 Å². The summed E-state index contributed by atoms with van der Waals surface area (Å²) in [4.78, 5) is 20.4. The summed E-state index contributed by atoms with van der Waals surface area (Å²) in [6.07, 6.45) is 4.66. The Morgan fingerprint density at radius 1 is 1.15 bits per heavy atom. The van der Waals surface area contributed by atoms with Crippen LogP contribution in [0.25, 0.3) is 0 Å². The van der Waals surface area contributed by atoms with Crippen LogP contribution in [0.3, 0.4) is 0 Å². The molecule has 1 atom stereocenters. The van der Waals surface area contributed by atoms with E-state index in [4.69, 9.17) is 0 Å². The molecule has 0 radical (unpaired) electrons. The maximum atomic E-state index is 12.8. The molecule has 3 heterocycles. The number of hydrogen-bond donors (Lipinski definition) is 1. The van der Waals surface area contributed by atoms with Gasteiger partial charge in [-0.15, -0.1) is 36.2 Å². The molecule has 2 saturated heterocycles. The van der Waals surface area contributed by atoms with Crippen molar-refractivity contribution in [1.82, 2.24) is 15.1 Å². The number of piperidine rings is 1. The maximum Gasteiger partial charge on any atom is 0.226 e. The third-order valence-corrected chi connectivity index (χ3v) is 7.43. The first-order valence-corrected chi connectivity index (χ1v) is 10.3. The molecule has 4 rings (SSSR count). The minimum absolute atomic E-state index is 0. The molecule has 1 N–H and O–H groups in total. The molecule has 1 spiro atoms. The van der Waals surface area contributed by atoms with E-state index in [2.05, 4.69) is 34.2 Å². The van der Waals surface area contributed by atoms with E-state index in [1.807, 2.05) is 11.3 Å². The van der Waals surface area contributed by atoms with E-state index in [-0.39, 0.29) is 24.8 Å². The lowest BCUT2D eigenvalue weighted by Gasteiger charge is -2.35. The lowest BCUT2D eigenvalue weighted by atomic mass is 9.91. The van der Waals surface area contributed by atoms with Gasteiger partial charge in [0.05, 0.1) is 0 Å². The number of hydrogen-bond acceptors (Lipinski definition) is 4. The van der Waals surface area contributed by atoms with Crippen molar-refractivity contribution in [3.05, 3.63) is 21.9 Å². The fourth-order valence-corrected chi connectivity index (χ4v) is 5.44. The Kier molecular flexibility index (Phi) is 7.81. The summed E-state index contributed by atoms with van der Waals surface area (Å²) in [7, 11) is 0. The van der Waals surface area contributed by atoms with Crippen molar-refractivity contribution in [2.75, 3.05) is 39.3 Å². The Morgan fingerprint density at radius 3 is 2.42 bits per heavy atom. The van der Waals surface area contributed by atoms with Gasteiger partial charge in [0.25, 0.3) is 0 Å². The standard InChI is InChI=1S/C19H29N3OS.2ClH/c1-2-15-3-4-16(24-15)14-21-9-11-22(12-10-21)18(23)17-13-19(17)5-7-20-8-6-19;;/h3-4,17,20H,2,5-14H2,1H3;2*1H. The molecule has 3 aliphatic rings. The fraction of sp³-hybridized carbons (Fsp3) is 0.737. The van der Waals surface area contributed by atoms with Gasteiger partial charge in [-0.05, 0) is 56.3 Å². The highest BCUT2D eigenvalue weighted by Crippen LogP contribution is 2.59. The summed E-state index contributed by atoms with van der Waals surface area (Å²) in [6.45, 7) is 9.32. The highest BCUT2D eigenvalue weighted by Gasteiger charge is 2.58. The molecular formula is C19H31Cl2N3OS. The second-order valence-corrected chi connectivity index (χ2v) is 8.94. The van der Waals surface area contributed by atoms with Gasteiger partial charge in [-0.1, -0.05) is 6.92 Å². The monoisotopic (exact) mass is 419 g/mol. The molecule has 0 aromatic carbocycles. The molecular weight excluding hydrogens is 389 g/mol. The van der Waals surface area contributed by atoms with Crippen molar-refractivity contribution < 1.29 is 4.79 Å². The van der Waals surface area contributed by atoms with Crippen LogP contribution in [0, 0.1) is 11.3 Å². The molecule has 3 fully saturated rings. The van der Waals surface area contributed by atoms with E-state index in [0.29, 0.717) is 17.2 Å². The summed E-state index contributed by atoms with van der Waals surface area (Å²) >= 11 is 1.94. The number of aryl methyl sites for hydroxylation is 1. The summed E-state index contributed by atoms with van der Waals surface area (Å²) in [5.74, 6) is 0.775. The molecule has 1 amide bonds. The Hall–Kier alpha value is -0.330. The van der Waals surface area contributed by atoms with E-state index in [0.717, 1.165) is 58.7 Å². The van der Waals surface area contributed by atoms with Crippen LogP contribution in [0.2, 0.25) is 0 Å². The molecule has 1 aliphatic carbocycles.